The second kappa shape index (κ2) is 9.70. The molecule has 7 heteroatoms. The standard InChI is InChI=1S/C25H25NO5S/c1-5-18-13-17(2)24(22(15-18)25(27)31-4)26-32(28,29)23-12-11-21(30-3)16-20(23)14-19-9-7-6-8-10-19/h5-13,15-16,26H,1,14H2,2-4H3. The van der Waals surface area contributed by atoms with E-state index >= 15 is 0 Å². The van der Waals surface area contributed by atoms with E-state index in [2.05, 4.69) is 11.3 Å². The van der Waals surface area contributed by atoms with Gasteiger partial charge in [0.15, 0.2) is 0 Å². The van der Waals surface area contributed by atoms with Crippen molar-refractivity contribution in [3.63, 3.8) is 0 Å². The van der Waals surface area contributed by atoms with Gasteiger partial charge in [-0.05, 0) is 65.9 Å². The number of carbonyl (C=O) groups is 1. The monoisotopic (exact) mass is 451 g/mol. The predicted octanol–water partition coefficient (Wildman–Crippen LogP) is 4.82. The summed E-state index contributed by atoms with van der Waals surface area (Å²) in [5.74, 6) is -0.0922. The zero-order chi connectivity index (χ0) is 23.3. The Kier molecular flexibility index (Phi) is 7.00. The predicted molar refractivity (Wildman–Crippen MR) is 126 cm³/mol. The number of rotatable bonds is 8. The number of ether oxygens (including phenoxy) is 2. The molecule has 3 aromatic rings. The van der Waals surface area contributed by atoms with Gasteiger partial charge in [0.05, 0.1) is 30.4 Å². The van der Waals surface area contributed by atoms with Crippen LogP contribution in [0.2, 0.25) is 0 Å². The summed E-state index contributed by atoms with van der Waals surface area (Å²) in [4.78, 5) is 12.5. The number of benzene rings is 3. The Hall–Kier alpha value is -3.58. The first kappa shape index (κ1) is 23.1. The van der Waals surface area contributed by atoms with Crippen LogP contribution in [0.1, 0.15) is 32.6 Å². The van der Waals surface area contributed by atoms with Gasteiger partial charge in [-0.15, -0.1) is 0 Å². The van der Waals surface area contributed by atoms with Crippen molar-refractivity contribution in [1.29, 1.82) is 0 Å². The molecule has 166 valence electrons. The largest absolute Gasteiger partial charge is 0.497 e. The molecular formula is C25H25NO5S. The fourth-order valence-corrected chi connectivity index (χ4v) is 4.80. The molecule has 1 N–H and O–H groups in total. The van der Waals surface area contributed by atoms with E-state index in [1.807, 2.05) is 30.3 Å². The lowest BCUT2D eigenvalue weighted by molar-refractivity contribution is 0.0602. The summed E-state index contributed by atoms with van der Waals surface area (Å²) in [6, 6.07) is 17.6. The molecule has 0 spiro atoms. The zero-order valence-electron chi connectivity index (χ0n) is 18.2. The first-order chi connectivity index (χ1) is 15.3. The average molecular weight is 452 g/mol. The lowest BCUT2D eigenvalue weighted by Crippen LogP contribution is -2.19. The number of hydrogen-bond acceptors (Lipinski definition) is 5. The number of carbonyl (C=O) groups excluding carboxylic acids is 1. The molecule has 0 bridgehead atoms. The topological polar surface area (TPSA) is 81.7 Å². The Labute approximate surface area is 188 Å². The smallest absolute Gasteiger partial charge is 0.340 e. The molecule has 3 rings (SSSR count). The van der Waals surface area contributed by atoms with E-state index in [4.69, 9.17) is 9.47 Å². The molecule has 0 aromatic heterocycles. The number of methoxy groups -OCH3 is 2. The van der Waals surface area contributed by atoms with Gasteiger partial charge >= 0.3 is 5.97 Å². The number of nitrogens with one attached hydrogen (secondary N) is 1. The quantitative estimate of drug-likeness (QED) is 0.497. The van der Waals surface area contributed by atoms with Crippen molar-refractivity contribution in [3.05, 3.63) is 95.1 Å². The molecule has 0 heterocycles. The summed E-state index contributed by atoms with van der Waals surface area (Å²) < 4.78 is 39.7. The Morgan fingerprint density at radius 3 is 2.41 bits per heavy atom. The number of hydrogen-bond donors (Lipinski definition) is 1. The van der Waals surface area contributed by atoms with Crippen LogP contribution in [-0.2, 0) is 21.2 Å². The van der Waals surface area contributed by atoms with Gasteiger partial charge in [0, 0.05) is 0 Å². The summed E-state index contributed by atoms with van der Waals surface area (Å²) in [6.07, 6.45) is 1.98. The van der Waals surface area contributed by atoms with Crippen LogP contribution >= 0.6 is 0 Å². The van der Waals surface area contributed by atoms with Gasteiger partial charge in [-0.25, -0.2) is 13.2 Å². The summed E-state index contributed by atoms with van der Waals surface area (Å²) in [6.45, 7) is 5.43. The summed E-state index contributed by atoms with van der Waals surface area (Å²) in [7, 11) is -1.26. The molecule has 0 aliphatic heterocycles. The Morgan fingerprint density at radius 2 is 1.78 bits per heavy atom. The van der Waals surface area contributed by atoms with E-state index in [-0.39, 0.29) is 16.1 Å². The minimum absolute atomic E-state index is 0.102. The van der Waals surface area contributed by atoms with Gasteiger partial charge in [0.25, 0.3) is 10.0 Å². The van der Waals surface area contributed by atoms with Crippen molar-refractivity contribution in [2.24, 2.45) is 0 Å². The summed E-state index contributed by atoms with van der Waals surface area (Å²) >= 11 is 0. The Bertz CT molecular complexity index is 1250. The normalized spacial score (nSPS) is 11.0. The number of esters is 1. The Balaban J connectivity index is 2.09. The van der Waals surface area contributed by atoms with Crippen LogP contribution in [0.5, 0.6) is 5.75 Å². The van der Waals surface area contributed by atoms with Crippen molar-refractivity contribution in [2.45, 2.75) is 18.2 Å². The first-order valence-corrected chi connectivity index (χ1v) is 11.4. The van der Waals surface area contributed by atoms with Gasteiger partial charge in [0.1, 0.15) is 5.75 Å². The van der Waals surface area contributed by atoms with E-state index in [0.29, 0.717) is 28.9 Å². The molecule has 0 saturated carbocycles. The maximum absolute atomic E-state index is 13.5. The van der Waals surface area contributed by atoms with Crippen molar-refractivity contribution in [2.75, 3.05) is 18.9 Å². The SMILES string of the molecule is C=Cc1cc(C)c(NS(=O)(=O)c2ccc(OC)cc2Cc2ccccc2)c(C(=O)OC)c1. The van der Waals surface area contributed by atoms with Crippen LogP contribution in [0.4, 0.5) is 5.69 Å². The second-order valence-corrected chi connectivity index (χ2v) is 8.85. The van der Waals surface area contributed by atoms with Crippen molar-refractivity contribution >= 4 is 27.8 Å². The number of sulfonamides is 1. The molecule has 32 heavy (non-hydrogen) atoms. The third-order valence-corrected chi connectivity index (χ3v) is 6.48. The molecule has 6 nitrogen and oxygen atoms in total. The van der Waals surface area contributed by atoms with Crippen LogP contribution in [-0.4, -0.2) is 28.6 Å². The molecule has 0 aliphatic rings. The second-order valence-electron chi connectivity index (χ2n) is 7.20. The first-order valence-electron chi connectivity index (χ1n) is 9.88. The van der Waals surface area contributed by atoms with Crippen molar-refractivity contribution in [3.8, 4) is 5.75 Å². The molecule has 0 fully saturated rings. The molecule has 0 amide bonds. The minimum Gasteiger partial charge on any atom is -0.497 e. The molecule has 0 unspecified atom stereocenters. The lowest BCUT2D eigenvalue weighted by Gasteiger charge is -2.17. The molecule has 3 aromatic carbocycles. The van der Waals surface area contributed by atoms with Crippen LogP contribution < -0.4 is 9.46 Å². The molecule has 0 aliphatic carbocycles. The molecule has 0 atom stereocenters. The van der Waals surface area contributed by atoms with Crippen LogP contribution in [0.25, 0.3) is 6.08 Å². The van der Waals surface area contributed by atoms with Gasteiger partial charge in [-0.3, -0.25) is 4.72 Å². The fraction of sp³-hybridized carbons (Fsp3) is 0.160. The van der Waals surface area contributed by atoms with Gasteiger partial charge in [-0.2, -0.15) is 0 Å². The van der Waals surface area contributed by atoms with Crippen LogP contribution in [0.3, 0.4) is 0 Å². The van der Waals surface area contributed by atoms with Crippen molar-refractivity contribution < 1.29 is 22.7 Å². The highest BCUT2D eigenvalue weighted by atomic mass is 32.2. The highest BCUT2D eigenvalue weighted by molar-refractivity contribution is 7.92. The van der Waals surface area contributed by atoms with E-state index in [0.717, 1.165) is 5.56 Å². The Morgan fingerprint density at radius 1 is 1.06 bits per heavy atom. The fourth-order valence-electron chi connectivity index (χ4n) is 3.43. The third kappa shape index (κ3) is 5.00. The molecule has 0 radical (unpaired) electrons. The van der Waals surface area contributed by atoms with Crippen LogP contribution in [0, 0.1) is 6.92 Å². The summed E-state index contributed by atoms with van der Waals surface area (Å²) in [5, 5.41) is 0. The highest BCUT2D eigenvalue weighted by Crippen LogP contribution is 2.30. The maximum atomic E-state index is 13.5. The van der Waals surface area contributed by atoms with Gasteiger partial charge in [-0.1, -0.05) is 43.0 Å². The molecular weight excluding hydrogens is 426 g/mol. The summed E-state index contributed by atoms with van der Waals surface area (Å²) in [5.41, 5.74) is 3.07. The van der Waals surface area contributed by atoms with E-state index in [1.165, 1.54) is 20.3 Å². The van der Waals surface area contributed by atoms with E-state index in [9.17, 15) is 13.2 Å². The molecule has 0 saturated heterocycles. The van der Waals surface area contributed by atoms with Crippen molar-refractivity contribution in [1.82, 2.24) is 0 Å². The van der Waals surface area contributed by atoms with Gasteiger partial charge in [0.2, 0.25) is 0 Å². The van der Waals surface area contributed by atoms with E-state index < -0.39 is 16.0 Å². The minimum atomic E-state index is -4.03. The van der Waals surface area contributed by atoms with Crippen LogP contribution in [0.15, 0.2) is 72.1 Å². The third-order valence-electron chi connectivity index (χ3n) is 5.03. The number of anilines is 1. The number of aryl methyl sites for hydroxylation is 1. The average Bonchev–Trinajstić information content (AvgIpc) is 2.80. The zero-order valence-corrected chi connectivity index (χ0v) is 19.0. The van der Waals surface area contributed by atoms with Gasteiger partial charge < -0.3 is 9.47 Å². The lowest BCUT2D eigenvalue weighted by atomic mass is 10.0. The highest BCUT2D eigenvalue weighted by Gasteiger charge is 2.24. The van der Waals surface area contributed by atoms with E-state index in [1.54, 1.807) is 37.3 Å². The maximum Gasteiger partial charge on any atom is 0.340 e.